The minimum absolute atomic E-state index is 0.338. The van der Waals surface area contributed by atoms with Crippen LogP contribution >= 0.6 is 0 Å². The Morgan fingerprint density at radius 3 is 2.46 bits per heavy atom. The summed E-state index contributed by atoms with van der Waals surface area (Å²) < 4.78 is 0. The van der Waals surface area contributed by atoms with Gasteiger partial charge in [-0.15, -0.1) is 0 Å². The van der Waals surface area contributed by atoms with Crippen molar-refractivity contribution in [3.63, 3.8) is 0 Å². The molecular formula is C10H16O3. The molecule has 0 aliphatic heterocycles. The van der Waals surface area contributed by atoms with Gasteiger partial charge in [0.05, 0.1) is 0 Å². The van der Waals surface area contributed by atoms with Crippen LogP contribution in [0.25, 0.3) is 0 Å². The lowest BCUT2D eigenvalue weighted by molar-refractivity contribution is 0.304. The van der Waals surface area contributed by atoms with E-state index in [9.17, 15) is 0 Å². The highest BCUT2D eigenvalue weighted by Crippen LogP contribution is 2.02. The first-order valence-corrected chi connectivity index (χ1v) is 4.31. The topological polar surface area (TPSA) is 60.7 Å². The predicted molar refractivity (Wildman–Crippen MR) is 52.7 cm³/mol. The van der Waals surface area contributed by atoms with Crippen molar-refractivity contribution in [2.45, 2.75) is 26.2 Å². The second kappa shape index (κ2) is 7.28. The number of rotatable bonds is 5. The Bertz CT molecular complexity index is 214. The second-order valence-electron chi connectivity index (χ2n) is 2.64. The third-order valence-corrected chi connectivity index (χ3v) is 1.50. The highest BCUT2D eigenvalue weighted by atomic mass is 16.3. The molecule has 0 fully saturated rings. The molecule has 3 nitrogen and oxygen atoms in total. The number of aliphatic hydroxyl groups is 3. The van der Waals surface area contributed by atoms with Crippen molar-refractivity contribution >= 4 is 0 Å². The Kier molecular flexibility index (Phi) is 6.51. The van der Waals surface area contributed by atoms with E-state index in [-0.39, 0.29) is 5.76 Å². The van der Waals surface area contributed by atoms with Gasteiger partial charge in [-0.2, -0.15) is 0 Å². The van der Waals surface area contributed by atoms with E-state index in [1.54, 1.807) is 6.08 Å². The first kappa shape index (κ1) is 11.6. The lowest BCUT2D eigenvalue weighted by atomic mass is 10.2. The van der Waals surface area contributed by atoms with Crippen molar-refractivity contribution in [3.8, 4) is 0 Å². The molecule has 0 heterocycles. The van der Waals surface area contributed by atoms with Crippen molar-refractivity contribution in [1.82, 2.24) is 0 Å². The minimum Gasteiger partial charge on any atom is -0.512 e. The average molecular weight is 184 g/mol. The molecule has 74 valence electrons. The first-order valence-electron chi connectivity index (χ1n) is 4.31. The molecular weight excluding hydrogens is 168 g/mol. The molecule has 13 heavy (non-hydrogen) atoms. The van der Waals surface area contributed by atoms with E-state index in [0.717, 1.165) is 19.3 Å². The number of hydrogen-bond acceptors (Lipinski definition) is 3. The lowest BCUT2D eigenvalue weighted by Gasteiger charge is -1.93. The van der Waals surface area contributed by atoms with Crippen LogP contribution in [-0.2, 0) is 0 Å². The fourth-order valence-electron chi connectivity index (χ4n) is 0.729. The molecule has 0 saturated carbocycles. The third-order valence-electron chi connectivity index (χ3n) is 1.50. The third kappa shape index (κ3) is 5.84. The van der Waals surface area contributed by atoms with Crippen LogP contribution in [0.5, 0.6) is 0 Å². The zero-order chi connectivity index (χ0) is 10.1. The fraction of sp³-hybridized carbons (Fsp3) is 0.400. The van der Waals surface area contributed by atoms with Gasteiger partial charge in [0.2, 0.25) is 0 Å². The molecule has 0 spiro atoms. The van der Waals surface area contributed by atoms with Gasteiger partial charge in [0.25, 0.3) is 0 Å². The maximum atomic E-state index is 9.01. The molecule has 0 amide bonds. The molecule has 0 saturated heterocycles. The van der Waals surface area contributed by atoms with Gasteiger partial charge < -0.3 is 15.3 Å². The quantitative estimate of drug-likeness (QED) is 0.349. The van der Waals surface area contributed by atoms with Gasteiger partial charge in [0, 0.05) is 0 Å². The Morgan fingerprint density at radius 2 is 1.92 bits per heavy atom. The molecule has 0 unspecified atom stereocenters. The van der Waals surface area contributed by atoms with E-state index in [4.69, 9.17) is 15.3 Å². The van der Waals surface area contributed by atoms with Crippen molar-refractivity contribution < 1.29 is 15.3 Å². The zero-order valence-electron chi connectivity index (χ0n) is 7.77. The van der Waals surface area contributed by atoms with Gasteiger partial charge >= 0.3 is 0 Å². The van der Waals surface area contributed by atoms with Crippen molar-refractivity contribution in [1.29, 1.82) is 0 Å². The van der Waals surface area contributed by atoms with Crippen LogP contribution in [-0.4, -0.2) is 15.3 Å². The normalized spacial score (nSPS) is 13.9. The zero-order valence-corrected chi connectivity index (χ0v) is 7.77. The van der Waals surface area contributed by atoms with Crippen LogP contribution < -0.4 is 0 Å². The maximum Gasteiger partial charge on any atom is 0.192 e. The monoisotopic (exact) mass is 184 g/mol. The first-order chi connectivity index (χ1) is 6.22. The van der Waals surface area contributed by atoms with E-state index in [1.807, 2.05) is 6.08 Å². The molecule has 0 radical (unpaired) electrons. The number of aliphatic hydroxyl groups excluding tert-OH is 3. The SMILES string of the molecule is CCCCC=CC=C(O)C(O)=CO. The molecule has 0 aromatic carbocycles. The standard InChI is InChI=1S/C10H16O3/c1-2-3-4-5-6-7-9(12)10(13)8-11/h5-8,11-13H,2-4H2,1H3. The van der Waals surface area contributed by atoms with Gasteiger partial charge in [0.15, 0.2) is 11.5 Å². The summed E-state index contributed by atoms with van der Waals surface area (Å²) in [6, 6.07) is 0. The molecule has 0 aliphatic rings. The van der Waals surface area contributed by atoms with Gasteiger partial charge in [-0.3, -0.25) is 0 Å². The van der Waals surface area contributed by atoms with Gasteiger partial charge in [-0.25, -0.2) is 0 Å². The summed E-state index contributed by atoms with van der Waals surface area (Å²) in [7, 11) is 0. The van der Waals surface area contributed by atoms with Gasteiger partial charge in [0.1, 0.15) is 6.26 Å². The molecule has 0 aromatic rings. The van der Waals surface area contributed by atoms with Crippen LogP contribution in [0.3, 0.4) is 0 Å². The van der Waals surface area contributed by atoms with Crippen LogP contribution in [0.4, 0.5) is 0 Å². The highest BCUT2D eigenvalue weighted by molar-refractivity contribution is 5.20. The van der Waals surface area contributed by atoms with E-state index >= 15 is 0 Å². The molecule has 0 atom stereocenters. The number of allylic oxidation sites excluding steroid dienone is 3. The van der Waals surface area contributed by atoms with Crippen LogP contribution in [0.2, 0.25) is 0 Å². The lowest BCUT2D eigenvalue weighted by Crippen LogP contribution is -1.85. The smallest absolute Gasteiger partial charge is 0.192 e. The molecule has 0 aromatic heterocycles. The summed E-state index contributed by atoms with van der Waals surface area (Å²) in [5.74, 6) is -0.865. The van der Waals surface area contributed by atoms with Gasteiger partial charge in [-0.1, -0.05) is 31.9 Å². The Morgan fingerprint density at radius 1 is 1.23 bits per heavy atom. The van der Waals surface area contributed by atoms with Crippen LogP contribution in [0.15, 0.2) is 36.0 Å². The second-order valence-corrected chi connectivity index (χ2v) is 2.64. The average Bonchev–Trinajstić information content (AvgIpc) is 2.16. The summed E-state index contributed by atoms with van der Waals surface area (Å²) >= 11 is 0. The van der Waals surface area contributed by atoms with E-state index in [2.05, 4.69) is 6.92 Å². The van der Waals surface area contributed by atoms with E-state index in [0.29, 0.717) is 6.26 Å². The van der Waals surface area contributed by atoms with Crippen LogP contribution in [0.1, 0.15) is 26.2 Å². The van der Waals surface area contributed by atoms with Crippen molar-refractivity contribution in [3.05, 3.63) is 36.0 Å². The van der Waals surface area contributed by atoms with E-state index < -0.39 is 5.76 Å². The summed E-state index contributed by atoms with van der Waals surface area (Å²) in [4.78, 5) is 0. The summed E-state index contributed by atoms with van der Waals surface area (Å²) in [5, 5.41) is 26.1. The molecule has 3 N–H and O–H groups in total. The predicted octanol–water partition coefficient (Wildman–Crippen LogP) is 3.13. The summed E-state index contributed by atoms with van der Waals surface area (Å²) in [6.45, 7) is 2.10. The van der Waals surface area contributed by atoms with Crippen molar-refractivity contribution in [2.75, 3.05) is 0 Å². The molecule has 3 heteroatoms. The largest absolute Gasteiger partial charge is 0.512 e. The minimum atomic E-state index is -0.528. The molecule has 0 rings (SSSR count). The highest BCUT2D eigenvalue weighted by Gasteiger charge is 1.95. The molecule has 0 bridgehead atoms. The summed E-state index contributed by atoms with van der Waals surface area (Å²) in [6.07, 6.45) is 8.50. The fourth-order valence-corrected chi connectivity index (χ4v) is 0.729. The Balaban J connectivity index is 3.89. The summed E-state index contributed by atoms with van der Waals surface area (Å²) in [5.41, 5.74) is 0. The van der Waals surface area contributed by atoms with E-state index in [1.165, 1.54) is 6.08 Å². The van der Waals surface area contributed by atoms with Gasteiger partial charge in [-0.05, 0) is 12.5 Å². The Hall–Kier alpha value is -1.38. The maximum absolute atomic E-state index is 9.01. The van der Waals surface area contributed by atoms with Crippen LogP contribution in [0, 0.1) is 0 Å². The number of unbranched alkanes of at least 4 members (excludes halogenated alkanes) is 2. The Labute approximate surface area is 78.3 Å². The number of hydrogen-bond donors (Lipinski definition) is 3. The van der Waals surface area contributed by atoms with Crippen molar-refractivity contribution in [2.24, 2.45) is 0 Å². The molecule has 0 aliphatic carbocycles.